The number of rotatable bonds is 4. The highest BCUT2D eigenvalue weighted by Gasteiger charge is 2.28. The Morgan fingerprint density at radius 1 is 1.30 bits per heavy atom. The first-order valence-corrected chi connectivity index (χ1v) is 7.39. The van der Waals surface area contributed by atoms with Gasteiger partial charge in [0.15, 0.2) is 11.7 Å². The molecule has 2 rings (SSSR count). The maximum Gasteiger partial charge on any atom is 0.321 e. The number of nitriles is 1. The van der Waals surface area contributed by atoms with Gasteiger partial charge in [-0.2, -0.15) is 10.4 Å². The smallest absolute Gasteiger partial charge is 0.321 e. The molecule has 0 aliphatic rings. The maximum atomic E-state index is 11.1. The third kappa shape index (κ3) is 3.57. The molecule has 0 radical (unpaired) electrons. The zero-order valence-corrected chi connectivity index (χ0v) is 13.7. The summed E-state index contributed by atoms with van der Waals surface area (Å²) in [6, 6.07) is 9.73. The van der Waals surface area contributed by atoms with E-state index < -0.39 is 17.8 Å². The monoisotopic (exact) mass is 312 g/mol. The molecule has 2 unspecified atom stereocenters. The second-order valence-corrected chi connectivity index (χ2v) is 6.61. The molecule has 1 aromatic carbocycles. The van der Waals surface area contributed by atoms with Crippen molar-refractivity contribution in [1.29, 1.82) is 5.26 Å². The number of benzene rings is 1. The van der Waals surface area contributed by atoms with Crippen molar-refractivity contribution in [3.63, 3.8) is 0 Å². The highest BCUT2D eigenvalue weighted by Crippen LogP contribution is 2.26. The van der Waals surface area contributed by atoms with Crippen LogP contribution in [-0.2, 0) is 10.2 Å². The fourth-order valence-corrected chi connectivity index (χ4v) is 2.27. The van der Waals surface area contributed by atoms with Crippen LogP contribution in [0.3, 0.4) is 0 Å². The predicted molar refractivity (Wildman–Crippen MR) is 85.7 cm³/mol. The van der Waals surface area contributed by atoms with Crippen LogP contribution in [0.2, 0.25) is 0 Å². The van der Waals surface area contributed by atoms with Crippen LogP contribution >= 0.6 is 0 Å². The summed E-state index contributed by atoms with van der Waals surface area (Å²) in [7, 11) is 0. The van der Waals surface area contributed by atoms with E-state index in [4.69, 9.17) is 10.4 Å². The SMILES string of the molecule is CC(c1nc(-c2ccc(C(C)(C)C)cc2)n[nH]1)C(C#N)C(=O)O. The van der Waals surface area contributed by atoms with Crippen LogP contribution in [0, 0.1) is 17.2 Å². The van der Waals surface area contributed by atoms with Crippen LogP contribution in [0.4, 0.5) is 0 Å². The highest BCUT2D eigenvalue weighted by molar-refractivity contribution is 5.74. The number of aliphatic carboxylic acids is 1. The fraction of sp³-hybridized carbons (Fsp3) is 0.412. The Morgan fingerprint density at radius 3 is 2.39 bits per heavy atom. The van der Waals surface area contributed by atoms with E-state index in [0.717, 1.165) is 5.56 Å². The number of carbonyl (C=O) groups is 1. The summed E-state index contributed by atoms with van der Waals surface area (Å²) in [4.78, 5) is 15.4. The average molecular weight is 312 g/mol. The third-order valence-electron chi connectivity index (χ3n) is 3.85. The van der Waals surface area contributed by atoms with E-state index in [1.165, 1.54) is 5.56 Å². The lowest BCUT2D eigenvalue weighted by Gasteiger charge is -2.18. The lowest BCUT2D eigenvalue weighted by Crippen LogP contribution is -2.19. The molecule has 0 amide bonds. The van der Waals surface area contributed by atoms with Gasteiger partial charge < -0.3 is 5.11 Å². The first-order chi connectivity index (χ1) is 10.7. The van der Waals surface area contributed by atoms with Crippen molar-refractivity contribution in [2.75, 3.05) is 0 Å². The number of nitrogens with zero attached hydrogens (tertiary/aromatic N) is 3. The van der Waals surface area contributed by atoms with Crippen molar-refractivity contribution >= 4 is 5.97 Å². The lowest BCUT2D eigenvalue weighted by molar-refractivity contribution is -0.140. The molecule has 6 heteroatoms. The van der Waals surface area contributed by atoms with E-state index in [2.05, 4.69) is 36.0 Å². The molecule has 2 N–H and O–H groups in total. The Bertz CT molecular complexity index is 735. The van der Waals surface area contributed by atoms with Gasteiger partial charge in [0, 0.05) is 11.5 Å². The van der Waals surface area contributed by atoms with Crippen molar-refractivity contribution < 1.29 is 9.90 Å². The Labute approximate surface area is 135 Å². The van der Waals surface area contributed by atoms with Crippen LogP contribution in [0.1, 0.15) is 45.0 Å². The molecule has 23 heavy (non-hydrogen) atoms. The van der Waals surface area contributed by atoms with Crippen molar-refractivity contribution in [1.82, 2.24) is 15.2 Å². The molecule has 0 aliphatic heterocycles. The van der Waals surface area contributed by atoms with Gasteiger partial charge in [0.1, 0.15) is 5.82 Å². The molecule has 0 saturated carbocycles. The van der Waals surface area contributed by atoms with E-state index >= 15 is 0 Å². The normalized spacial score (nSPS) is 14.0. The number of hydrogen-bond donors (Lipinski definition) is 2. The molecule has 0 saturated heterocycles. The van der Waals surface area contributed by atoms with Gasteiger partial charge in [-0.3, -0.25) is 9.89 Å². The number of hydrogen-bond acceptors (Lipinski definition) is 4. The number of nitrogens with one attached hydrogen (secondary N) is 1. The summed E-state index contributed by atoms with van der Waals surface area (Å²) < 4.78 is 0. The second-order valence-electron chi connectivity index (χ2n) is 6.61. The molecular formula is C17H20N4O2. The Hall–Kier alpha value is -2.68. The van der Waals surface area contributed by atoms with Crippen molar-refractivity contribution in [3.05, 3.63) is 35.7 Å². The van der Waals surface area contributed by atoms with Crippen molar-refractivity contribution in [3.8, 4) is 17.5 Å². The van der Waals surface area contributed by atoms with E-state index in [9.17, 15) is 4.79 Å². The zero-order valence-electron chi connectivity index (χ0n) is 13.7. The van der Waals surface area contributed by atoms with Crippen molar-refractivity contribution in [2.45, 2.75) is 39.0 Å². The molecule has 0 bridgehead atoms. The Morgan fingerprint density at radius 2 is 1.91 bits per heavy atom. The molecule has 0 aliphatic carbocycles. The number of H-pyrrole nitrogens is 1. The number of carboxylic acid groups (broad SMARTS) is 1. The van der Waals surface area contributed by atoms with Crippen LogP contribution in [0.5, 0.6) is 0 Å². The van der Waals surface area contributed by atoms with E-state index in [0.29, 0.717) is 11.6 Å². The number of aromatic amines is 1. The van der Waals surface area contributed by atoms with Gasteiger partial charge in [-0.1, -0.05) is 52.0 Å². The molecule has 0 spiro atoms. The molecule has 120 valence electrons. The molecule has 6 nitrogen and oxygen atoms in total. The van der Waals surface area contributed by atoms with Crippen LogP contribution < -0.4 is 0 Å². The van der Waals surface area contributed by atoms with Gasteiger partial charge in [0.25, 0.3) is 0 Å². The van der Waals surface area contributed by atoms with Gasteiger partial charge in [-0.25, -0.2) is 4.98 Å². The summed E-state index contributed by atoms with van der Waals surface area (Å²) in [5, 5.41) is 24.9. The number of aromatic nitrogens is 3. The Balaban J connectivity index is 2.26. The van der Waals surface area contributed by atoms with Crippen LogP contribution in [0.15, 0.2) is 24.3 Å². The summed E-state index contributed by atoms with van der Waals surface area (Å²) in [6.45, 7) is 8.07. The summed E-state index contributed by atoms with van der Waals surface area (Å²) in [5.41, 5.74) is 2.12. The van der Waals surface area contributed by atoms with Crippen molar-refractivity contribution in [2.24, 2.45) is 5.92 Å². The summed E-state index contributed by atoms with van der Waals surface area (Å²) in [6.07, 6.45) is 0. The van der Waals surface area contributed by atoms with Gasteiger partial charge >= 0.3 is 5.97 Å². The van der Waals surface area contributed by atoms with E-state index in [-0.39, 0.29) is 5.41 Å². The second kappa shape index (κ2) is 6.21. The standard InChI is InChI=1S/C17H20N4O2/c1-10(13(9-18)16(22)23)14-19-15(21-20-14)11-5-7-12(8-6-11)17(2,3)4/h5-8,10,13H,1-4H3,(H,22,23)(H,19,20,21). The average Bonchev–Trinajstić information content (AvgIpc) is 2.96. The quantitative estimate of drug-likeness (QED) is 0.903. The maximum absolute atomic E-state index is 11.1. The largest absolute Gasteiger partial charge is 0.480 e. The molecule has 1 heterocycles. The minimum absolute atomic E-state index is 0.0682. The Kier molecular flexibility index (Phi) is 4.50. The first kappa shape index (κ1) is 16.7. The van der Waals surface area contributed by atoms with Crippen LogP contribution in [0.25, 0.3) is 11.4 Å². The minimum Gasteiger partial charge on any atom is -0.480 e. The molecular weight excluding hydrogens is 292 g/mol. The zero-order chi connectivity index (χ0) is 17.2. The predicted octanol–water partition coefficient (Wildman–Crippen LogP) is 3.10. The molecule has 2 aromatic rings. The topological polar surface area (TPSA) is 103 Å². The van der Waals surface area contributed by atoms with Gasteiger partial charge in [0.05, 0.1) is 6.07 Å². The van der Waals surface area contributed by atoms with Gasteiger partial charge in [-0.15, -0.1) is 0 Å². The summed E-state index contributed by atoms with van der Waals surface area (Å²) in [5.74, 6) is -1.98. The van der Waals surface area contributed by atoms with E-state index in [1.54, 1.807) is 13.0 Å². The lowest BCUT2D eigenvalue weighted by atomic mass is 9.87. The molecule has 2 atom stereocenters. The van der Waals surface area contributed by atoms with E-state index in [1.807, 2.05) is 24.3 Å². The summed E-state index contributed by atoms with van der Waals surface area (Å²) >= 11 is 0. The highest BCUT2D eigenvalue weighted by atomic mass is 16.4. The molecule has 1 aromatic heterocycles. The first-order valence-electron chi connectivity index (χ1n) is 7.39. The van der Waals surface area contributed by atoms with Crippen LogP contribution in [-0.4, -0.2) is 26.3 Å². The molecule has 0 fully saturated rings. The van der Waals surface area contributed by atoms with Gasteiger partial charge in [-0.05, 0) is 11.0 Å². The number of carboxylic acids is 1. The minimum atomic E-state index is -1.16. The van der Waals surface area contributed by atoms with Gasteiger partial charge in [0.2, 0.25) is 0 Å². The fourth-order valence-electron chi connectivity index (χ4n) is 2.27. The third-order valence-corrected chi connectivity index (χ3v) is 3.85.